The van der Waals surface area contributed by atoms with Crippen LogP contribution in [0.5, 0.6) is 0 Å². The maximum Gasteiger partial charge on any atom is 0.252 e. The monoisotopic (exact) mass is 492 g/mol. The number of pyridine rings is 1. The van der Waals surface area contributed by atoms with Gasteiger partial charge in [-0.2, -0.15) is 0 Å². The SMILES string of the molecule is CCCC(c1nnnn1C(C)(C)CC)N(Cc1cccs1)Cc1cc2ccc(C)c(C)c2[nH]c1=O. The van der Waals surface area contributed by atoms with E-state index < -0.39 is 0 Å². The van der Waals surface area contributed by atoms with Crippen molar-refractivity contribution < 1.29 is 0 Å². The minimum Gasteiger partial charge on any atom is -0.321 e. The van der Waals surface area contributed by atoms with Gasteiger partial charge in [0.2, 0.25) is 0 Å². The number of aryl methyl sites for hydroxylation is 2. The van der Waals surface area contributed by atoms with Gasteiger partial charge in [-0.15, -0.1) is 16.4 Å². The van der Waals surface area contributed by atoms with Crippen LogP contribution in [-0.2, 0) is 18.6 Å². The molecule has 0 radical (unpaired) electrons. The van der Waals surface area contributed by atoms with E-state index in [1.54, 1.807) is 11.3 Å². The lowest BCUT2D eigenvalue weighted by Crippen LogP contribution is -2.36. The van der Waals surface area contributed by atoms with Gasteiger partial charge in [-0.25, -0.2) is 4.68 Å². The van der Waals surface area contributed by atoms with Gasteiger partial charge >= 0.3 is 0 Å². The summed E-state index contributed by atoms with van der Waals surface area (Å²) in [5, 5.41) is 16.1. The maximum absolute atomic E-state index is 13.2. The van der Waals surface area contributed by atoms with Gasteiger partial charge in [-0.05, 0) is 85.0 Å². The largest absolute Gasteiger partial charge is 0.321 e. The summed E-state index contributed by atoms with van der Waals surface area (Å²) in [6, 6.07) is 10.5. The Bertz CT molecular complexity index is 1340. The Labute approximate surface area is 211 Å². The summed E-state index contributed by atoms with van der Waals surface area (Å²) < 4.78 is 1.98. The van der Waals surface area contributed by atoms with Crippen LogP contribution in [0.25, 0.3) is 10.9 Å². The Morgan fingerprint density at radius 3 is 2.66 bits per heavy atom. The van der Waals surface area contributed by atoms with Crippen LogP contribution in [0.3, 0.4) is 0 Å². The molecule has 0 spiro atoms. The highest BCUT2D eigenvalue weighted by atomic mass is 32.1. The van der Waals surface area contributed by atoms with E-state index in [4.69, 9.17) is 0 Å². The van der Waals surface area contributed by atoms with E-state index in [-0.39, 0.29) is 17.1 Å². The third kappa shape index (κ3) is 5.23. The third-order valence-corrected chi connectivity index (χ3v) is 8.03. The number of H-pyrrole nitrogens is 1. The lowest BCUT2D eigenvalue weighted by molar-refractivity contribution is 0.147. The summed E-state index contributed by atoms with van der Waals surface area (Å²) in [7, 11) is 0. The number of nitrogens with zero attached hydrogens (tertiary/aromatic N) is 5. The van der Waals surface area contributed by atoms with Crippen molar-refractivity contribution in [2.75, 3.05) is 0 Å². The number of fused-ring (bicyclic) bond motifs is 1. The summed E-state index contributed by atoms with van der Waals surface area (Å²) in [5.74, 6) is 0.860. The Morgan fingerprint density at radius 2 is 1.97 bits per heavy atom. The number of tetrazole rings is 1. The molecule has 1 aromatic carbocycles. The zero-order chi connectivity index (χ0) is 25.2. The Hall–Kier alpha value is -2.84. The van der Waals surface area contributed by atoms with E-state index in [9.17, 15) is 4.79 Å². The van der Waals surface area contributed by atoms with Gasteiger partial charge in [-0.1, -0.05) is 38.5 Å². The first kappa shape index (κ1) is 25.3. The van der Waals surface area contributed by atoms with Crippen molar-refractivity contribution in [2.24, 2.45) is 0 Å². The van der Waals surface area contributed by atoms with Crippen LogP contribution in [0.2, 0.25) is 0 Å². The molecule has 7 nitrogen and oxygen atoms in total. The number of hydrogen-bond donors (Lipinski definition) is 1. The van der Waals surface area contributed by atoms with Crippen molar-refractivity contribution >= 4 is 22.2 Å². The number of rotatable bonds is 10. The zero-order valence-corrected chi connectivity index (χ0v) is 22.4. The first-order valence-electron chi connectivity index (χ1n) is 12.4. The fraction of sp³-hybridized carbons (Fsp3) is 0.481. The van der Waals surface area contributed by atoms with Gasteiger partial charge in [0.15, 0.2) is 5.82 Å². The molecule has 35 heavy (non-hydrogen) atoms. The highest BCUT2D eigenvalue weighted by molar-refractivity contribution is 7.09. The molecule has 0 aliphatic rings. The molecule has 0 fully saturated rings. The third-order valence-electron chi connectivity index (χ3n) is 7.17. The van der Waals surface area contributed by atoms with Crippen LogP contribution in [0.4, 0.5) is 0 Å². The number of hydrogen-bond acceptors (Lipinski definition) is 6. The first-order valence-corrected chi connectivity index (χ1v) is 13.3. The van der Waals surface area contributed by atoms with Gasteiger partial charge in [0.05, 0.1) is 17.1 Å². The van der Waals surface area contributed by atoms with Gasteiger partial charge in [0.25, 0.3) is 5.56 Å². The van der Waals surface area contributed by atoms with E-state index in [0.29, 0.717) is 6.54 Å². The molecule has 0 saturated heterocycles. The summed E-state index contributed by atoms with van der Waals surface area (Å²) in [5.41, 5.74) is 3.73. The van der Waals surface area contributed by atoms with Gasteiger partial charge in [-0.3, -0.25) is 9.69 Å². The van der Waals surface area contributed by atoms with Crippen molar-refractivity contribution in [1.82, 2.24) is 30.1 Å². The van der Waals surface area contributed by atoms with Crippen LogP contribution in [-0.4, -0.2) is 30.1 Å². The van der Waals surface area contributed by atoms with Crippen molar-refractivity contribution in [1.29, 1.82) is 0 Å². The van der Waals surface area contributed by atoms with Crippen molar-refractivity contribution in [3.05, 3.63) is 73.5 Å². The molecule has 4 rings (SSSR count). The minimum atomic E-state index is -0.199. The molecule has 1 unspecified atom stereocenters. The quantitative estimate of drug-likeness (QED) is 0.299. The predicted octanol–water partition coefficient (Wildman–Crippen LogP) is 5.88. The van der Waals surface area contributed by atoms with Gasteiger partial charge < -0.3 is 4.98 Å². The average Bonchev–Trinajstić information content (AvgIpc) is 3.53. The maximum atomic E-state index is 13.2. The second-order valence-electron chi connectivity index (χ2n) is 10.00. The van der Waals surface area contributed by atoms with Crippen molar-refractivity contribution in [2.45, 2.75) is 85.5 Å². The zero-order valence-electron chi connectivity index (χ0n) is 21.6. The van der Waals surface area contributed by atoms with E-state index in [1.165, 1.54) is 10.4 Å². The highest BCUT2D eigenvalue weighted by Gasteiger charge is 2.31. The molecule has 1 atom stereocenters. The molecule has 0 saturated carbocycles. The number of aromatic nitrogens is 5. The van der Waals surface area contributed by atoms with Crippen molar-refractivity contribution in [3.63, 3.8) is 0 Å². The van der Waals surface area contributed by atoms with Gasteiger partial charge in [0, 0.05) is 23.5 Å². The van der Waals surface area contributed by atoms with E-state index in [2.05, 4.69) is 96.6 Å². The number of benzene rings is 1. The summed E-state index contributed by atoms with van der Waals surface area (Å²) in [6.45, 7) is 14.0. The summed E-state index contributed by atoms with van der Waals surface area (Å²) >= 11 is 1.73. The number of aromatic amines is 1. The molecular weight excluding hydrogens is 456 g/mol. The Morgan fingerprint density at radius 1 is 1.17 bits per heavy atom. The highest BCUT2D eigenvalue weighted by Crippen LogP contribution is 2.32. The molecule has 0 bridgehead atoms. The summed E-state index contributed by atoms with van der Waals surface area (Å²) in [4.78, 5) is 20.0. The van der Waals surface area contributed by atoms with Crippen LogP contribution < -0.4 is 5.56 Å². The minimum absolute atomic E-state index is 0.0159. The molecule has 8 heteroatoms. The second-order valence-corrected chi connectivity index (χ2v) is 11.0. The van der Waals surface area contributed by atoms with E-state index in [1.807, 2.05) is 10.7 Å². The van der Waals surface area contributed by atoms with Gasteiger partial charge in [0.1, 0.15) is 0 Å². The fourth-order valence-electron chi connectivity index (χ4n) is 4.52. The fourth-order valence-corrected chi connectivity index (χ4v) is 5.25. The molecule has 0 aliphatic carbocycles. The molecule has 186 valence electrons. The van der Waals surface area contributed by atoms with Crippen molar-refractivity contribution in [3.8, 4) is 0 Å². The summed E-state index contributed by atoms with van der Waals surface area (Å²) in [6.07, 6.45) is 2.80. The van der Waals surface area contributed by atoms with Crippen LogP contribution >= 0.6 is 11.3 Å². The molecule has 4 aromatic rings. The predicted molar refractivity (Wildman–Crippen MR) is 143 cm³/mol. The van der Waals surface area contributed by atoms with Crippen LogP contribution in [0.1, 0.15) is 80.4 Å². The molecule has 3 heterocycles. The number of thiophene rings is 1. The molecule has 1 N–H and O–H groups in total. The molecular formula is C27H36N6OS. The molecule has 0 aliphatic heterocycles. The molecule has 3 aromatic heterocycles. The average molecular weight is 493 g/mol. The second kappa shape index (κ2) is 10.4. The smallest absolute Gasteiger partial charge is 0.252 e. The Kier molecular flexibility index (Phi) is 7.52. The van der Waals surface area contributed by atoms with Crippen LogP contribution in [0.15, 0.2) is 40.5 Å². The van der Waals surface area contributed by atoms with Crippen LogP contribution in [0, 0.1) is 13.8 Å². The standard InChI is InChI=1S/C27H36N6OS/c1-7-10-23(25-29-30-31-33(25)27(5,6)8-2)32(17-22-11-9-14-35-22)16-21-15-20-13-12-18(3)19(4)24(20)28-26(21)34/h9,11-15,23H,7-8,10,16-17H2,1-6H3,(H,28,34). The topological polar surface area (TPSA) is 79.7 Å². The number of nitrogens with one attached hydrogen (secondary N) is 1. The lowest BCUT2D eigenvalue weighted by Gasteiger charge is -2.33. The molecule has 0 amide bonds. The lowest BCUT2D eigenvalue weighted by atomic mass is 10.0. The first-order chi connectivity index (χ1) is 16.7. The Balaban J connectivity index is 1.79. The van der Waals surface area contributed by atoms with E-state index >= 15 is 0 Å². The normalized spacial score (nSPS) is 13.1. The van der Waals surface area contributed by atoms with E-state index in [0.717, 1.165) is 53.7 Å².